The molecule has 2 heterocycles. The summed E-state index contributed by atoms with van der Waals surface area (Å²) in [5, 5.41) is 12.0. The lowest BCUT2D eigenvalue weighted by atomic mass is 10.1. The maximum absolute atomic E-state index is 12.0. The first-order valence-corrected chi connectivity index (χ1v) is 6.41. The van der Waals surface area contributed by atoms with E-state index < -0.39 is 0 Å². The Morgan fingerprint density at radius 1 is 1.10 bits per heavy atom. The van der Waals surface area contributed by atoms with Crippen LogP contribution in [0.5, 0.6) is 0 Å². The summed E-state index contributed by atoms with van der Waals surface area (Å²) in [7, 11) is 0. The van der Waals surface area contributed by atoms with Crippen LogP contribution in [0.3, 0.4) is 0 Å². The molecular weight excluding hydrogens is 252 g/mol. The van der Waals surface area contributed by atoms with Gasteiger partial charge in [-0.2, -0.15) is 10.2 Å². The summed E-state index contributed by atoms with van der Waals surface area (Å²) < 4.78 is 0. The third kappa shape index (κ3) is 2.73. The fourth-order valence-corrected chi connectivity index (χ4v) is 2.08. The number of aromatic nitrogens is 3. The van der Waals surface area contributed by atoms with Crippen LogP contribution >= 0.6 is 0 Å². The van der Waals surface area contributed by atoms with E-state index in [1.807, 2.05) is 42.5 Å². The molecule has 20 heavy (non-hydrogen) atoms. The Hall–Kier alpha value is -2.53. The van der Waals surface area contributed by atoms with Crippen molar-refractivity contribution in [3.05, 3.63) is 70.3 Å². The molecule has 2 aromatic heterocycles. The van der Waals surface area contributed by atoms with Crippen LogP contribution in [0.1, 0.15) is 11.3 Å². The number of para-hydroxylation sites is 1. The van der Waals surface area contributed by atoms with Crippen molar-refractivity contribution in [2.24, 2.45) is 0 Å². The Kier molecular flexibility index (Phi) is 3.52. The molecule has 100 valence electrons. The lowest BCUT2D eigenvalue weighted by molar-refractivity contribution is 0.666. The van der Waals surface area contributed by atoms with Crippen molar-refractivity contribution in [2.45, 2.75) is 13.1 Å². The molecule has 0 atom stereocenters. The molecule has 2 N–H and O–H groups in total. The van der Waals surface area contributed by atoms with E-state index in [0.29, 0.717) is 18.7 Å². The van der Waals surface area contributed by atoms with E-state index in [1.165, 1.54) is 0 Å². The summed E-state index contributed by atoms with van der Waals surface area (Å²) in [4.78, 5) is 14.8. The average molecular weight is 266 g/mol. The predicted molar refractivity (Wildman–Crippen MR) is 77.1 cm³/mol. The van der Waals surface area contributed by atoms with Gasteiger partial charge in [0.2, 0.25) is 0 Å². The van der Waals surface area contributed by atoms with E-state index in [4.69, 9.17) is 0 Å². The number of pyridine rings is 1. The molecule has 0 aliphatic rings. The fraction of sp³-hybridized carbons (Fsp3) is 0.133. The maximum atomic E-state index is 12.0. The van der Waals surface area contributed by atoms with Crippen molar-refractivity contribution in [1.29, 1.82) is 0 Å². The number of nitrogens with one attached hydrogen (secondary N) is 2. The van der Waals surface area contributed by atoms with Crippen LogP contribution < -0.4 is 10.9 Å². The van der Waals surface area contributed by atoms with E-state index in [2.05, 4.69) is 20.5 Å². The first kappa shape index (κ1) is 12.5. The zero-order chi connectivity index (χ0) is 13.8. The lowest BCUT2D eigenvalue weighted by Crippen LogP contribution is -2.21. The van der Waals surface area contributed by atoms with E-state index >= 15 is 0 Å². The second kappa shape index (κ2) is 5.63. The number of hydrogen-bond donors (Lipinski definition) is 2. The molecule has 0 spiro atoms. The van der Waals surface area contributed by atoms with Crippen molar-refractivity contribution in [3.63, 3.8) is 0 Å². The van der Waals surface area contributed by atoms with Gasteiger partial charge in [0.15, 0.2) is 0 Å². The zero-order valence-electron chi connectivity index (χ0n) is 10.8. The SMILES string of the molecule is O=c1[nH]c2ccccc2cc1CNCc1cccnn1. The van der Waals surface area contributed by atoms with Crippen LogP contribution in [0.4, 0.5) is 0 Å². The van der Waals surface area contributed by atoms with Gasteiger partial charge in [-0.25, -0.2) is 0 Å². The smallest absolute Gasteiger partial charge is 0.252 e. The van der Waals surface area contributed by atoms with Gasteiger partial charge in [-0.3, -0.25) is 4.79 Å². The van der Waals surface area contributed by atoms with Gasteiger partial charge in [0.05, 0.1) is 5.69 Å². The summed E-state index contributed by atoms with van der Waals surface area (Å²) >= 11 is 0. The van der Waals surface area contributed by atoms with Crippen LogP contribution in [0.2, 0.25) is 0 Å². The second-order valence-corrected chi connectivity index (χ2v) is 4.53. The second-order valence-electron chi connectivity index (χ2n) is 4.53. The summed E-state index contributed by atoms with van der Waals surface area (Å²) in [6, 6.07) is 13.4. The van der Waals surface area contributed by atoms with Gasteiger partial charge < -0.3 is 10.3 Å². The molecule has 0 aliphatic heterocycles. The van der Waals surface area contributed by atoms with E-state index in [-0.39, 0.29) is 5.56 Å². The number of rotatable bonds is 4. The molecule has 3 rings (SSSR count). The standard InChI is InChI=1S/C15H14N4O/c20-15-12(8-11-4-1-2-6-14(11)18-15)9-16-10-13-5-3-7-17-19-13/h1-8,16H,9-10H2,(H,18,20). The highest BCUT2D eigenvalue weighted by molar-refractivity contribution is 5.78. The minimum absolute atomic E-state index is 0.0599. The van der Waals surface area contributed by atoms with Gasteiger partial charge in [-0.1, -0.05) is 18.2 Å². The average Bonchev–Trinajstić information content (AvgIpc) is 2.49. The molecular formula is C15H14N4O. The molecule has 5 nitrogen and oxygen atoms in total. The molecule has 0 amide bonds. The molecule has 5 heteroatoms. The minimum Gasteiger partial charge on any atom is -0.322 e. The van der Waals surface area contributed by atoms with Gasteiger partial charge in [0, 0.05) is 30.4 Å². The predicted octanol–water partition coefficient (Wildman–Crippen LogP) is 1.61. The Bertz CT molecular complexity index is 767. The van der Waals surface area contributed by atoms with Crippen LogP contribution in [0, 0.1) is 0 Å². The van der Waals surface area contributed by atoms with Crippen molar-refractivity contribution in [1.82, 2.24) is 20.5 Å². The molecule has 1 aromatic carbocycles. The van der Waals surface area contributed by atoms with Crippen LogP contribution in [0.15, 0.2) is 53.5 Å². The van der Waals surface area contributed by atoms with Crippen molar-refractivity contribution in [3.8, 4) is 0 Å². The highest BCUT2D eigenvalue weighted by atomic mass is 16.1. The maximum Gasteiger partial charge on any atom is 0.252 e. The Morgan fingerprint density at radius 3 is 2.85 bits per heavy atom. The largest absolute Gasteiger partial charge is 0.322 e. The number of fused-ring (bicyclic) bond motifs is 1. The quantitative estimate of drug-likeness (QED) is 0.752. The summed E-state index contributed by atoms with van der Waals surface area (Å²) in [5.41, 5.74) is 2.36. The van der Waals surface area contributed by atoms with Crippen LogP contribution in [0.25, 0.3) is 10.9 Å². The summed E-state index contributed by atoms with van der Waals surface area (Å²) in [5.74, 6) is 0. The van der Waals surface area contributed by atoms with Gasteiger partial charge >= 0.3 is 0 Å². The van der Waals surface area contributed by atoms with Crippen molar-refractivity contribution >= 4 is 10.9 Å². The minimum atomic E-state index is -0.0599. The molecule has 0 saturated carbocycles. The number of nitrogens with zero attached hydrogens (tertiary/aromatic N) is 2. The van der Waals surface area contributed by atoms with Crippen molar-refractivity contribution in [2.75, 3.05) is 0 Å². The highest BCUT2D eigenvalue weighted by Crippen LogP contribution is 2.09. The third-order valence-corrected chi connectivity index (χ3v) is 3.08. The molecule has 0 unspecified atom stereocenters. The van der Waals surface area contributed by atoms with Crippen LogP contribution in [-0.4, -0.2) is 15.2 Å². The van der Waals surface area contributed by atoms with E-state index in [0.717, 1.165) is 16.6 Å². The lowest BCUT2D eigenvalue weighted by Gasteiger charge is -2.05. The number of hydrogen-bond acceptors (Lipinski definition) is 4. The number of benzene rings is 1. The highest BCUT2D eigenvalue weighted by Gasteiger charge is 2.02. The van der Waals surface area contributed by atoms with Gasteiger partial charge in [0.25, 0.3) is 5.56 Å². The Labute approximate surface area is 115 Å². The molecule has 0 fully saturated rings. The number of H-pyrrole nitrogens is 1. The van der Waals surface area contributed by atoms with Gasteiger partial charge in [-0.15, -0.1) is 0 Å². The zero-order valence-corrected chi connectivity index (χ0v) is 10.8. The molecule has 0 radical (unpaired) electrons. The molecule has 0 bridgehead atoms. The topological polar surface area (TPSA) is 70.7 Å². The van der Waals surface area contributed by atoms with Crippen molar-refractivity contribution < 1.29 is 0 Å². The fourth-order valence-electron chi connectivity index (χ4n) is 2.08. The summed E-state index contributed by atoms with van der Waals surface area (Å²) in [6.07, 6.45) is 1.64. The molecule has 0 saturated heterocycles. The molecule has 0 aliphatic carbocycles. The Morgan fingerprint density at radius 2 is 2.00 bits per heavy atom. The first-order chi connectivity index (χ1) is 9.83. The number of aromatic amines is 1. The van der Waals surface area contributed by atoms with Crippen LogP contribution in [-0.2, 0) is 13.1 Å². The van der Waals surface area contributed by atoms with Gasteiger partial charge in [0.1, 0.15) is 0 Å². The van der Waals surface area contributed by atoms with Gasteiger partial charge in [-0.05, 0) is 29.7 Å². The first-order valence-electron chi connectivity index (χ1n) is 6.41. The summed E-state index contributed by atoms with van der Waals surface area (Å²) in [6.45, 7) is 1.08. The van der Waals surface area contributed by atoms with E-state index in [1.54, 1.807) is 6.20 Å². The monoisotopic (exact) mass is 266 g/mol. The molecule has 3 aromatic rings. The van der Waals surface area contributed by atoms with E-state index in [9.17, 15) is 4.79 Å². The third-order valence-electron chi connectivity index (χ3n) is 3.08. The normalized spacial score (nSPS) is 10.8. The Balaban J connectivity index is 1.74.